The minimum absolute atomic E-state index is 0.0235. The normalized spacial score (nSPS) is 31.0. The van der Waals surface area contributed by atoms with Crippen LogP contribution in [0.2, 0.25) is 0 Å². The number of amides is 1. The van der Waals surface area contributed by atoms with E-state index < -0.39 is 0 Å². The number of nitrogens with zero attached hydrogens (tertiary/aromatic N) is 2. The molecule has 3 rings (SSSR count). The molecular formula is C18H30N4O. The fourth-order valence-corrected chi connectivity index (χ4v) is 4.56. The van der Waals surface area contributed by atoms with E-state index in [0.717, 1.165) is 18.5 Å². The smallest absolute Gasteiger partial charge is 0.254 e. The highest BCUT2D eigenvalue weighted by molar-refractivity contribution is 5.95. The number of fused-ring (bicyclic) bond motifs is 2. The highest BCUT2D eigenvalue weighted by Crippen LogP contribution is 2.39. The molecule has 2 saturated carbocycles. The lowest BCUT2D eigenvalue weighted by Crippen LogP contribution is -2.53. The molecule has 2 fully saturated rings. The molecule has 1 amide bonds. The van der Waals surface area contributed by atoms with Crippen molar-refractivity contribution in [1.29, 1.82) is 0 Å². The minimum atomic E-state index is -0.114. The molecule has 128 valence electrons. The van der Waals surface area contributed by atoms with Gasteiger partial charge in [-0.1, -0.05) is 6.42 Å². The van der Waals surface area contributed by atoms with Crippen molar-refractivity contribution in [2.24, 2.45) is 17.6 Å². The van der Waals surface area contributed by atoms with Crippen molar-refractivity contribution in [3.8, 4) is 0 Å². The van der Waals surface area contributed by atoms with Crippen LogP contribution < -0.4 is 11.1 Å². The Morgan fingerprint density at radius 2 is 1.91 bits per heavy atom. The van der Waals surface area contributed by atoms with Gasteiger partial charge in [0.1, 0.15) is 0 Å². The summed E-state index contributed by atoms with van der Waals surface area (Å²) in [5.41, 5.74) is 7.70. The third kappa shape index (κ3) is 3.16. The zero-order chi connectivity index (χ0) is 16.8. The van der Waals surface area contributed by atoms with Gasteiger partial charge in [-0.3, -0.25) is 9.48 Å². The maximum Gasteiger partial charge on any atom is 0.254 e. The molecule has 0 aromatic carbocycles. The van der Waals surface area contributed by atoms with Crippen LogP contribution >= 0.6 is 0 Å². The van der Waals surface area contributed by atoms with Gasteiger partial charge in [-0.2, -0.15) is 5.10 Å². The molecule has 2 bridgehead atoms. The van der Waals surface area contributed by atoms with Crippen LogP contribution in [-0.4, -0.2) is 27.8 Å². The Kier molecular flexibility index (Phi) is 4.25. The number of rotatable bonds is 2. The molecule has 0 saturated heterocycles. The number of carbonyl (C=O) groups excluding carboxylic acids is 1. The van der Waals surface area contributed by atoms with Gasteiger partial charge in [0.25, 0.3) is 5.91 Å². The first-order valence-corrected chi connectivity index (χ1v) is 8.89. The molecule has 23 heavy (non-hydrogen) atoms. The van der Waals surface area contributed by atoms with Crippen LogP contribution in [0.1, 0.15) is 68.9 Å². The quantitative estimate of drug-likeness (QED) is 0.880. The lowest BCUT2D eigenvalue weighted by Gasteiger charge is -2.45. The number of aromatic nitrogens is 2. The summed E-state index contributed by atoms with van der Waals surface area (Å²) in [6.45, 7) is 8.27. The molecule has 1 heterocycles. The SMILES string of the molecule is Cc1c(C(=O)NC2C3CCCC2CC(N)C3)cnn1C(C)(C)C. The molecule has 2 aliphatic carbocycles. The average molecular weight is 318 g/mol. The summed E-state index contributed by atoms with van der Waals surface area (Å²) < 4.78 is 1.93. The van der Waals surface area contributed by atoms with E-state index in [9.17, 15) is 4.79 Å². The van der Waals surface area contributed by atoms with Crippen LogP contribution in [0.15, 0.2) is 6.20 Å². The summed E-state index contributed by atoms with van der Waals surface area (Å²) in [5.74, 6) is 1.11. The van der Waals surface area contributed by atoms with E-state index in [4.69, 9.17) is 5.73 Å². The fraction of sp³-hybridized carbons (Fsp3) is 0.778. The average Bonchev–Trinajstić information content (AvgIpc) is 2.81. The molecule has 5 nitrogen and oxygen atoms in total. The van der Waals surface area contributed by atoms with Gasteiger partial charge < -0.3 is 11.1 Å². The second kappa shape index (κ2) is 5.93. The Bertz CT molecular complexity index is 572. The van der Waals surface area contributed by atoms with Gasteiger partial charge in [0.05, 0.1) is 17.3 Å². The summed E-state index contributed by atoms with van der Waals surface area (Å²) >= 11 is 0. The molecular weight excluding hydrogens is 288 g/mol. The van der Waals surface area contributed by atoms with Crippen LogP contribution in [0.4, 0.5) is 0 Å². The van der Waals surface area contributed by atoms with E-state index in [1.165, 1.54) is 19.3 Å². The topological polar surface area (TPSA) is 72.9 Å². The molecule has 0 aliphatic heterocycles. The second-order valence-electron chi connectivity index (χ2n) is 8.41. The Morgan fingerprint density at radius 1 is 1.30 bits per heavy atom. The van der Waals surface area contributed by atoms with Crippen LogP contribution in [0.25, 0.3) is 0 Å². The van der Waals surface area contributed by atoms with Gasteiger partial charge in [-0.05, 0) is 65.2 Å². The minimum Gasteiger partial charge on any atom is -0.349 e. The van der Waals surface area contributed by atoms with Gasteiger partial charge in [0.2, 0.25) is 0 Å². The van der Waals surface area contributed by atoms with E-state index in [-0.39, 0.29) is 17.5 Å². The fourth-order valence-electron chi connectivity index (χ4n) is 4.56. The highest BCUT2D eigenvalue weighted by Gasteiger charge is 2.40. The number of nitrogens with two attached hydrogens (primary N) is 1. The van der Waals surface area contributed by atoms with Crippen LogP contribution in [0.5, 0.6) is 0 Å². The van der Waals surface area contributed by atoms with Crippen molar-refractivity contribution in [2.75, 3.05) is 0 Å². The van der Waals surface area contributed by atoms with E-state index >= 15 is 0 Å². The van der Waals surface area contributed by atoms with Crippen molar-refractivity contribution in [3.05, 3.63) is 17.5 Å². The van der Waals surface area contributed by atoms with Crippen LogP contribution in [0.3, 0.4) is 0 Å². The van der Waals surface area contributed by atoms with Gasteiger partial charge in [0, 0.05) is 17.8 Å². The summed E-state index contributed by atoms with van der Waals surface area (Å²) in [6.07, 6.45) is 7.45. The van der Waals surface area contributed by atoms with E-state index in [1.54, 1.807) is 6.20 Å². The van der Waals surface area contributed by atoms with E-state index in [2.05, 4.69) is 31.2 Å². The largest absolute Gasteiger partial charge is 0.349 e. The first-order chi connectivity index (χ1) is 10.8. The molecule has 2 atom stereocenters. The molecule has 1 aromatic heterocycles. The third-order valence-electron chi connectivity index (χ3n) is 5.56. The third-order valence-corrected chi connectivity index (χ3v) is 5.56. The lowest BCUT2D eigenvalue weighted by molar-refractivity contribution is 0.0755. The zero-order valence-electron chi connectivity index (χ0n) is 14.8. The van der Waals surface area contributed by atoms with Gasteiger partial charge in [-0.15, -0.1) is 0 Å². The molecule has 1 aromatic rings. The number of hydrogen-bond acceptors (Lipinski definition) is 3. The highest BCUT2D eigenvalue weighted by atomic mass is 16.1. The van der Waals surface area contributed by atoms with Crippen molar-refractivity contribution in [1.82, 2.24) is 15.1 Å². The van der Waals surface area contributed by atoms with Crippen molar-refractivity contribution in [2.45, 2.75) is 77.4 Å². The Hall–Kier alpha value is -1.36. The Balaban J connectivity index is 1.76. The first-order valence-electron chi connectivity index (χ1n) is 8.89. The van der Waals surface area contributed by atoms with Gasteiger partial charge in [-0.25, -0.2) is 0 Å². The molecule has 2 aliphatic rings. The Morgan fingerprint density at radius 3 is 2.43 bits per heavy atom. The standard InChI is InChI=1S/C18H30N4O/c1-11-15(10-20-22(11)18(2,3)4)17(23)21-16-12-6-5-7-13(16)9-14(19)8-12/h10,12-14,16H,5-9,19H2,1-4H3,(H,21,23). The lowest BCUT2D eigenvalue weighted by atomic mass is 9.67. The monoisotopic (exact) mass is 318 g/mol. The number of carbonyl (C=O) groups is 1. The maximum atomic E-state index is 12.8. The zero-order valence-corrected chi connectivity index (χ0v) is 14.8. The van der Waals surface area contributed by atoms with Gasteiger partial charge in [0.15, 0.2) is 0 Å². The summed E-state index contributed by atoms with van der Waals surface area (Å²) in [6, 6.07) is 0.595. The first kappa shape index (κ1) is 16.5. The molecule has 2 unspecified atom stereocenters. The predicted octanol–water partition coefficient (Wildman–Crippen LogP) is 2.58. The van der Waals surface area contributed by atoms with Gasteiger partial charge >= 0.3 is 0 Å². The van der Waals surface area contributed by atoms with Crippen molar-refractivity contribution < 1.29 is 4.79 Å². The second-order valence-corrected chi connectivity index (χ2v) is 8.41. The predicted molar refractivity (Wildman–Crippen MR) is 91.3 cm³/mol. The van der Waals surface area contributed by atoms with Crippen molar-refractivity contribution in [3.63, 3.8) is 0 Å². The molecule has 3 N–H and O–H groups in total. The van der Waals surface area contributed by atoms with E-state index in [0.29, 0.717) is 23.4 Å². The maximum absolute atomic E-state index is 12.8. The Labute approximate surface area is 139 Å². The molecule has 0 radical (unpaired) electrons. The van der Waals surface area contributed by atoms with Crippen LogP contribution in [-0.2, 0) is 5.54 Å². The van der Waals surface area contributed by atoms with Crippen LogP contribution in [0, 0.1) is 18.8 Å². The molecule has 5 heteroatoms. The number of hydrogen-bond donors (Lipinski definition) is 2. The summed E-state index contributed by atoms with van der Waals surface area (Å²) in [7, 11) is 0. The summed E-state index contributed by atoms with van der Waals surface area (Å²) in [4.78, 5) is 12.8. The number of nitrogens with one attached hydrogen (secondary N) is 1. The van der Waals surface area contributed by atoms with E-state index in [1.807, 2.05) is 11.6 Å². The van der Waals surface area contributed by atoms with Crippen molar-refractivity contribution >= 4 is 5.91 Å². The summed E-state index contributed by atoms with van der Waals surface area (Å²) in [5, 5.41) is 7.74. The molecule has 0 spiro atoms.